The summed E-state index contributed by atoms with van der Waals surface area (Å²) in [6.45, 7) is 1.36. The fourth-order valence-electron chi connectivity index (χ4n) is 2.67. The zero-order chi connectivity index (χ0) is 21.0. The first-order valence-electron chi connectivity index (χ1n) is 8.61. The summed E-state index contributed by atoms with van der Waals surface area (Å²) in [5.41, 5.74) is 1.10. The zero-order valence-corrected chi connectivity index (χ0v) is 15.7. The molecule has 150 valence electrons. The lowest BCUT2D eigenvalue weighted by molar-refractivity contribution is -0.142. The molecule has 8 nitrogen and oxygen atoms in total. The van der Waals surface area contributed by atoms with Gasteiger partial charge in [-0.1, -0.05) is 18.2 Å². The van der Waals surface area contributed by atoms with E-state index in [1.807, 2.05) is 0 Å². The first-order valence-corrected chi connectivity index (χ1v) is 8.61. The highest BCUT2D eigenvalue weighted by atomic mass is 16.6. The van der Waals surface area contributed by atoms with Crippen molar-refractivity contribution in [3.8, 4) is 11.5 Å². The predicted molar refractivity (Wildman–Crippen MR) is 99.9 cm³/mol. The van der Waals surface area contributed by atoms with E-state index < -0.39 is 24.2 Å². The maximum absolute atomic E-state index is 12.6. The Labute approximate surface area is 166 Å². The standard InChI is InChI=1S/C21H18O8/c1-12(22)27-11-13-7-8-17-14(9-13)10-16(20(24)28-17)21(25)29-18-6-4-3-5-15(18)19(23)26-2/h3-10,20,24H,11H2,1-2H3. The lowest BCUT2D eigenvalue weighted by Gasteiger charge is -2.22. The molecule has 29 heavy (non-hydrogen) atoms. The largest absolute Gasteiger partial charge is 0.465 e. The molecule has 2 aromatic rings. The number of benzene rings is 2. The summed E-state index contributed by atoms with van der Waals surface area (Å²) in [4.78, 5) is 35.4. The number of hydrogen-bond acceptors (Lipinski definition) is 8. The molecule has 0 bridgehead atoms. The number of para-hydroxylation sites is 1. The van der Waals surface area contributed by atoms with Crippen LogP contribution in [0.1, 0.15) is 28.4 Å². The van der Waals surface area contributed by atoms with Crippen LogP contribution in [-0.2, 0) is 25.7 Å². The Morgan fingerprint density at radius 3 is 2.59 bits per heavy atom. The second-order valence-electron chi connectivity index (χ2n) is 6.10. The van der Waals surface area contributed by atoms with Gasteiger partial charge in [0.25, 0.3) is 0 Å². The van der Waals surface area contributed by atoms with E-state index in [1.54, 1.807) is 30.3 Å². The molecule has 1 aliphatic heterocycles. The van der Waals surface area contributed by atoms with Crippen LogP contribution >= 0.6 is 0 Å². The van der Waals surface area contributed by atoms with Crippen LogP contribution in [0.25, 0.3) is 6.08 Å². The molecule has 2 aromatic carbocycles. The smallest absolute Gasteiger partial charge is 0.345 e. The molecule has 1 unspecified atom stereocenters. The minimum absolute atomic E-state index is 0.00754. The van der Waals surface area contributed by atoms with Gasteiger partial charge in [0.05, 0.1) is 7.11 Å². The van der Waals surface area contributed by atoms with Crippen molar-refractivity contribution in [2.45, 2.75) is 19.8 Å². The molecule has 0 saturated carbocycles. The summed E-state index contributed by atoms with van der Waals surface area (Å²) in [5, 5.41) is 10.2. The number of aliphatic hydroxyl groups is 1. The molecule has 8 heteroatoms. The third-order valence-electron chi connectivity index (χ3n) is 4.06. The Balaban J connectivity index is 1.85. The van der Waals surface area contributed by atoms with Crippen LogP contribution < -0.4 is 9.47 Å². The van der Waals surface area contributed by atoms with Gasteiger partial charge in [0.1, 0.15) is 29.2 Å². The lowest BCUT2D eigenvalue weighted by atomic mass is 10.0. The molecule has 0 radical (unpaired) electrons. The number of hydrogen-bond donors (Lipinski definition) is 1. The summed E-state index contributed by atoms with van der Waals surface area (Å²) >= 11 is 0. The van der Waals surface area contributed by atoms with Gasteiger partial charge >= 0.3 is 17.9 Å². The molecule has 0 aromatic heterocycles. The molecule has 1 atom stereocenters. The van der Waals surface area contributed by atoms with Crippen molar-refractivity contribution >= 4 is 24.0 Å². The number of methoxy groups -OCH3 is 1. The number of fused-ring (bicyclic) bond motifs is 1. The quantitative estimate of drug-likeness (QED) is 0.603. The third kappa shape index (κ3) is 4.61. The van der Waals surface area contributed by atoms with E-state index in [4.69, 9.17) is 14.2 Å². The molecule has 3 rings (SSSR count). The van der Waals surface area contributed by atoms with Crippen molar-refractivity contribution in [1.82, 2.24) is 0 Å². The van der Waals surface area contributed by atoms with Crippen molar-refractivity contribution in [2.24, 2.45) is 0 Å². The van der Waals surface area contributed by atoms with Gasteiger partial charge in [0, 0.05) is 12.5 Å². The number of carbonyl (C=O) groups is 3. The molecule has 0 saturated heterocycles. The van der Waals surface area contributed by atoms with Crippen LogP contribution in [0.5, 0.6) is 11.5 Å². The summed E-state index contributed by atoms with van der Waals surface area (Å²) in [6, 6.07) is 11.0. The third-order valence-corrected chi connectivity index (χ3v) is 4.06. The van der Waals surface area contributed by atoms with E-state index in [2.05, 4.69) is 4.74 Å². The summed E-state index contributed by atoms with van der Waals surface area (Å²) in [6.07, 6.45) is -0.122. The normalized spacial score (nSPS) is 14.7. The Kier molecular flexibility index (Phi) is 5.94. The van der Waals surface area contributed by atoms with E-state index in [0.29, 0.717) is 16.9 Å². The summed E-state index contributed by atoms with van der Waals surface area (Å²) in [7, 11) is 1.21. The molecule has 1 N–H and O–H groups in total. The number of carbonyl (C=O) groups excluding carboxylic acids is 3. The van der Waals surface area contributed by atoms with Crippen LogP contribution in [0.3, 0.4) is 0 Å². The van der Waals surface area contributed by atoms with Crippen LogP contribution in [0, 0.1) is 0 Å². The topological polar surface area (TPSA) is 108 Å². The van der Waals surface area contributed by atoms with Gasteiger partial charge in [-0.2, -0.15) is 0 Å². The minimum atomic E-state index is -1.54. The van der Waals surface area contributed by atoms with Gasteiger partial charge in [-0.3, -0.25) is 4.79 Å². The maximum atomic E-state index is 12.6. The molecule has 1 heterocycles. The van der Waals surface area contributed by atoms with E-state index in [9.17, 15) is 19.5 Å². The van der Waals surface area contributed by atoms with Crippen molar-refractivity contribution in [1.29, 1.82) is 0 Å². The van der Waals surface area contributed by atoms with Crippen LogP contribution in [0.15, 0.2) is 48.0 Å². The van der Waals surface area contributed by atoms with Crippen LogP contribution in [0.4, 0.5) is 0 Å². The summed E-state index contributed by atoms with van der Waals surface area (Å²) < 4.78 is 20.3. The highest BCUT2D eigenvalue weighted by Gasteiger charge is 2.28. The molecular weight excluding hydrogens is 380 g/mol. The second-order valence-corrected chi connectivity index (χ2v) is 6.10. The number of ether oxygens (including phenoxy) is 4. The predicted octanol–water partition coefficient (Wildman–Crippen LogP) is 2.24. The average molecular weight is 398 g/mol. The van der Waals surface area contributed by atoms with Gasteiger partial charge < -0.3 is 24.1 Å². The maximum Gasteiger partial charge on any atom is 0.345 e. The Morgan fingerprint density at radius 2 is 1.86 bits per heavy atom. The fraction of sp³-hybridized carbons (Fsp3) is 0.190. The Hall–Kier alpha value is -3.65. The molecule has 1 aliphatic rings. The lowest BCUT2D eigenvalue weighted by Crippen LogP contribution is -2.29. The van der Waals surface area contributed by atoms with E-state index in [0.717, 1.165) is 0 Å². The molecular formula is C21H18O8. The van der Waals surface area contributed by atoms with E-state index >= 15 is 0 Å². The van der Waals surface area contributed by atoms with Crippen molar-refractivity contribution in [3.63, 3.8) is 0 Å². The number of rotatable bonds is 5. The summed E-state index contributed by atoms with van der Waals surface area (Å²) in [5.74, 6) is -1.62. The van der Waals surface area contributed by atoms with Gasteiger partial charge in [-0.15, -0.1) is 0 Å². The monoisotopic (exact) mass is 398 g/mol. The van der Waals surface area contributed by atoms with Gasteiger partial charge in [-0.25, -0.2) is 9.59 Å². The number of aliphatic hydroxyl groups excluding tert-OH is 1. The molecule has 0 fully saturated rings. The minimum Gasteiger partial charge on any atom is -0.465 e. The first kappa shape index (κ1) is 20.1. The van der Waals surface area contributed by atoms with Gasteiger partial charge in [0.2, 0.25) is 6.29 Å². The van der Waals surface area contributed by atoms with Crippen molar-refractivity contribution in [2.75, 3.05) is 7.11 Å². The highest BCUT2D eigenvalue weighted by molar-refractivity contribution is 5.99. The van der Waals surface area contributed by atoms with Crippen LogP contribution in [0.2, 0.25) is 0 Å². The average Bonchev–Trinajstić information content (AvgIpc) is 2.71. The number of esters is 3. The van der Waals surface area contributed by atoms with E-state index in [1.165, 1.54) is 32.2 Å². The molecule has 0 aliphatic carbocycles. The van der Waals surface area contributed by atoms with Gasteiger partial charge in [0.15, 0.2) is 0 Å². The molecule has 0 spiro atoms. The van der Waals surface area contributed by atoms with E-state index in [-0.39, 0.29) is 23.5 Å². The van der Waals surface area contributed by atoms with Gasteiger partial charge in [-0.05, 0) is 35.9 Å². The zero-order valence-electron chi connectivity index (χ0n) is 15.7. The molecule has 0 amide bonds. The Morgan fingerprint density at radius 1 is 1.10 bits per heavy atom. The SMILES string of the molecule is COC(=O)c1ccccc1OC(=O)C1=Cc2cc(COC(C)=O)ccc2OC1O. The van der Waals surface area contributed by atoms with Crippen LogP contribution in [-0.4, -0.2) is 36.4 Å². The second kappa shape index (κ2) is 8.57. The van der Waals surface area contributed by atoms with Crippen molar-refractivity contribution in [3.05, 3.63) is 64.7 Å². The van der Waals surface area contributed by atoms with Crippen molar-refractivity contribution < 1.29 is 38.4 Å². The Bertz CT molecular complexity index is 992. The first-order chi connectivity index (χ1) is 13.9. The highest BCUT2D eigenvalue weighted by Crippen LogP contribution is 2.31. The fourth-order valence-corrected chi connectivity index (χ4v) is 2.67.